The number of aromatic nitrogens is 2. The first-order valence-corrected chi connectivity index (χ1v) is 8.95. The quantitative estimate of drug-likeness (QED) is 0.807. The largest absolute Gasteiger partial charge is 0.354 e. The van der Waals surface area contributed by atoms with Gasteiger partial charge < -0.3 is 5.32 Å². The molecule has 0 unspecified atom stereocenters. The summed E-state index contributed by atoms with van der Waals surface area (Å²) in [6, 6.07) is 1.66. The van der Waals surface area contributed by atoms with Gasteiger partial charge in [0.2, 0.25) is 0 Å². The number of rotatable bonds is 5. The Kier molecular flexibility index (Phi) is 5.66. The molecule has 1 aromatic rings. The predicted octanol–water partition coefficient (Wildman–Crippen LogP) is -0.103. The third-order valence-corrected chi connectivity index (χ3v) is 5.86. The molecular weight excluding hydrogens is 318 g/mol. The summed E-state index contributed by atoms with van der Waals surface area (Å²) in [5.74, 6) is -0.0694. The Morgan fingerprint density at radius 3 is 2.83 bits per heavy atom. The van der Waals surface area contributed by atoms with E-state index in [4.69, 9.17) is 0 Å². The van der Waals surface area contributed by atoms with Gasteiger partial charge in [-0.3, -0.25) is 4.79 Å². The highest BCUT2D eigenvalue weighted by atomic mass is 32.2. The van der Waals surface area contributed by atoms with Crippen LogP contribution in [0.25, 0.3) is 0 Å². The summed E-state index contributed by atoms with van der Waals surface area (Å²) in [6.07, 6.45) is 3.77. The highest BCUT2D eigenvalue weighted by molar-refractivity contribution is 7.86. The topological polar surface area (TPSA) is 95.5 Å². The van der Waals surface area contributed by atoms with Gasteiger partial charge in [0.15, 0.2) is 0 Å². The summed E-state index contributed by atoms with van der Waals surface area (Å²) in [5, 5.41) is 2.53. The molecule has 1 atom stereocenters. The van der Waals surface area contributed by atoms with Crippen molar-refractivity contribution in [2.75, 3.05) is 34.2 Å². The van der Waals surface area contributed by atoms with Crippen LogP contribution < -0.4 is 5.32 Å². The zero-order valence-electron chi connectivity index (χ0n) is 13.7. The first-order chi connectivity index (χ1) is 10.8. The van der Waals surface area contributed by atoms with Gasteiger partial charge in [-0.25, -0.2) is 9.97 Å². The number of carbonyl (C=O) groups is 1. The van der Waals surface area contributed by atoms with E-state index in [2.05, 4.69) is 15.3 Å². The maximum absolute atomic E-state index is 12.2. The molecule has 0 bridgehead atoms. The molecule has 0 spiro atoms. The maximum atomic E-state index is 12.2. The number of nitrogens with zero attached hydrogens (tertiary/aromatic N) is 4. The lowest BCUT2D eigenvalue weighted by Crippen LogP contribution is -2.45. The summed E-state index contributed by atoms with van der Waals surface area (Å²) in [4.78, 5) is 19.8. The molecule has 23 heavy (non-hydrogen) atoms. The zero-order chi connectivity index (χ0) is 17.0. The Morgan fingerprint density at radius 2 is 2.17 bits per heavy atom. The fraction of sp³-hybridized carbons (Fsp3) is 0.643. The van der Waals surface area contributed by atoms with Gasteiger partial charge >= 0.3 is 0 Å². The van der Waals surface area contributed by atoms with Crippen LogP contribution in [0.4, 0.5) is 0 Å². The van der Waals surface area contributed by atoms with Gasteiger partial charge in [0.25, 0.3) is 16.1 Å². The molecule has 2 rings (SSSR count). The second kappa shape index (κ2) is 7.33. The molecule has 1 fully saturated rings. The number of nitrogens with one attached hydrogen (secondary N) is 1. The fourth-order valence-corrected chi connectivity index (χ4v) is 3.91. The summed E-state index contributed by atoms with van der Waals surface area (Å²) in [5.41, 5.74) is 1.08. The van der Waals surface area contributed by atoms with Crippen LogP contribution in [0, 0.1) is 5.92 Å². The van der Waals surface area contributed by atoms with Crippen LogP contribution in [0.15, 0.2) is 12.4 Å². The molecule has 1 aliphatic rings. The number of amides is 1. The minimum atomic E-state index is -3.38. The van der Waals surface area contributed by atoms with Crippen molar-refractivity contribution in [3.05, 3.63) is 23.8 Å². The Morgan fingerprint density at radius 1 is 1.43 bits per heavy atom. The number of hydrogen-bond acceptors (Lipinski definition) is 5. The van der Waals surface area contributed by atoms with Crippen LogP contribution in [0.1, 0.15) is 29.0 Å². The van der Waals surface area contributed by atoms with Crippen LogP contribution in [0.5, 0.6) is 0 Å². The Hall–Kier alpha value is -1.58. The minimum absolute atomic E-state index is 0.186. The number of hydrogen-bond donors (Lipinski definition) is 1. The van der Waals surface area contributed by atoms with E-state index in [0.717, 1.165) is 18.5 Å². The molecule has 128 valence electrons. The third kappa shape index (κ3) is 4.24. The second-order valence-electron chi connectivity index (χ2n) is 5.83. The van der Waals surface area contributed by atoms with E-state index in [1.54, 1.807) is 27.2 Å². The molecule has 2 heterocycles. The van der Waals surface area contributed by atoms with E-state index in [9.17, 15) is 13.2 Å². The fourth-order valence-electron chi connectivity index (χ4n) is 2.69. The molecule has 1 N–H and O–H groups in total. The number of carbonyl (C=O) groups excluding carboxylic acids is 1. The average molecular weight is 341 g/mol. The lowest BCUT2D eigenvalue weighted by molar-refractivity contribution is 0.0957. The third-order valence-electron chi connectivity index (χ3n) is 3.95. The monoisotopic (exact) mass is 341 g/mol. The molecule has 1 amide bonds. The Bertz CT molecular complexity index is 662. The van der Waals surface area contributed by atoms with Crippen molar-refractivity contribution in [3.8, 4) is 0 Å². The molecular formula is C14H23N5O3S. The van der Waals surface area contributed by atoms with Gasteiger partial charge in [0.1, 0.15) is 12.0 Å². The highest BCUT2D eigenvalue weighted by Gasteiger charge is 2.30. The summed E-state index contributed by atoms with van der Waals surface area (Å²) in [6.45, 7) is 1.02. The van der Waals surface area contributed by atoms with Gasteiger partial charge in [-0.15, -0.1) is 0 Å². The first-order valence-electron chi connectivity index (χ1n) is 7.55. The van der Waals surface area contributed by atoms with Crippen molar-refractivity contribution >= 4 is 16.1 Å². The van der Waals surface area contributed by atoms with Crippen molar-refractivity contribution in [3.63, 3.8) is 0 Å². The van der Waals surface area contributed by atoms with E-state index in [-0.39, 0.29) is 11.8 Å². The van der Waals surface area contributed by atoms with Crippen LogP contribution in [-0.4, -0.2) is 67.1 Å². The van der Waals surface area contributed by atoms with Crippen molar-refractivity contribution in [1.29, 1.82) is 0 Å². The molecule has 1 saturated heterocycles. The summed E-state index contributed by atoms with van der Waals surface area (Å²) in [7, 11) is 1.25. The van der Waals surface area contributed by atoms with Crippen molar-refractivity contribution < 1.29 is 13.2 Å². The van der Waals surface area contributed by atoms with Crippen molar-refractivity contribution in [1.82, 2.24) is 23.9 Å². The molecule has 0 aromatic carbocycles. The van der Waals surface area contributed by atoms with E-state index in [1.165, 1.54) is 14.9 Å². The average Bonchev–Trinajstić information content (AvgIpc) is 2.54. The highest BCUT2D eigenvalue weighted by Crippen LogP contribution is 2.23. The van der Waals surface area contributed by atoms with Crippen LogP contribution in [0.2, 0.25) is 0 Å². The molecule has 1 aromatic heterocycles. The molecule has 0 saturated carbocycles. The maximum Gasteiger partial charge on any atom is 0.281 e. The lowest BCUT2D eigenvalue weighted by Gasteiger charge is -2.33. The van der Waals surface area contributed by atoms with E-state index in [0.29, 0.717) is 25.2 Å². The van der Waals surface area contributed by atoms with E-state index >= 15 is 0 Å². The van der Waals surface area contributed by atoms with Crippen LogP contribution in [0.3, 0.4) is 0 Å². The van der Waals surface area contributed by atoms with Crippen molar-refractivity contribution in [2.24, 2.45) is 5.92 Å². The molecule has 9 heteroatoms. The smallest absolute Gasteiger partial charge is 0.281 e. The first kappa shape index (κ1) is 17.8. The summed E-state index contributed by atoms with van der Waals surface area (Å²) >= 11 is 0. The van der Waals surface area contributed by atoms with E-state index < -0.39 is 10.2 Å². The van der Waals surface area contributed by atoms with Gasteiger partial charge in [0.05, 0.1) is 0 Å². The molecule has 1 aliphatic heterocycles. The Labute approximate surface area is 137 Å². The number of piperidine rings is 1. The standard InChI is InChI=1S/C14H23N5O3S/c1-15-14(20)13-8-12(16-10-17-13)7-11-5-4-6-19(9-11)23(21,22)18(2)3/h8,10-11H,4-7,9H2,1-3H3,(H,15,20)/t11-/m0/s1. The van der Waals surface area contributed by atoms with Gasteiger partial charge in [-0.2, -0.15) is 17.0 Å². The van der Waals surface area contributed by atoms with Gasteiger partial charge in [-0.05, 0) is 31.2 Å². The zero-order valence-corrected chi connectivity index (χ0v) is 14.5. The SMILES string of the molecule is CNC(=O)c1cc(C[C@@H]2CCCN(S(=O)(=O)N(C)C)C2)ncn1. The molecule has 8 nitrogen and oxygen atoms in total. The van der Waals surface area contributed by atoms with Gasteiger partial charge in [-0.1, -0.05) is 0 Å². The molecule has 0 aliphatic carbocycles. The normalized spacial score (nSPS) is 19.7. The lowest BCUT2D eigenvalue weighted by atomic mass is 9.94. The Balaban J connectivity index is 2.07. The van der Waals surface area contributed by atoms with E-state index in [1.807, 2.05) is 0 Å². The second-order valence-corrected chi connectivity index (χ2v) is 7.98. The summed E-state index contributed by atoms with van der Waals surface area (Å²) < 4.78 is 27.2. The van der Waals surface area contributed by atoms with Crippen molar-refractivity contribution in [2.45, 2.75) is 19.3 Å². The molecule has 0 radical (unpaired) electrons. The van der Waals surface area contributed by atoms with Gasteiger partial charge in [0, 0.05) is 39.9 Å². The minimum Gasteiger partial charge on any atom is -0.354 e. The van der Waals surface area contributed by atoms with Crippen LogP contribution >= 0.6 is 0 Å². The predicted molar refractivity (Wildman–Crippen MR) is 86.0 cm³/mol. The van der Waals surface area contributed by atoms with Crippen LogP contribution in [-0.2, 0) is 16.6 Å².